The SMILES string of the molecule is Cl.N=C(N)c1cc2c(C=Cc3ccc(F)cc3)n[nH]c2cc1F. The van der Waals surface area contributed by atoms with E-state index in [0.717, 1.165) is 5.56 Å². The molecule has 3 rings (SSSR count). The first kappa shape index (κ1) is 16.6. The minimum absolute atomic E-state index is 0. The van der Waals surface area contributed by atoms with E-state index in [4.69, 9.17) is 11.1 Å². The monoisotopic (exact) mass is 334 g/mol. The number of nitrogens with two attached hydrogens (primary N) is 1. The molecular weight excluding hydrogens is 322 g/mol. The maximum Gasteiger partial charge on any atom is 0.136 e. The molecule has 0 bridgehead atoms. The van der Waals surface area contributed by atoms with E-state index in [2.05, 4.69) is 10.2 Å². The summed E-state index contributed by atoms with van der Waals surface area (Å²) in [4.78, 5) is 0. The number of aromatic amines is 1. The molecule has 0 saturated carbocycles. The van der Waals surface area contributed by atoms with Crippen LogP contribution in [-0.2, 0) is 0 Å². The summed E-state index contributed by atoms with van der Waals surface area (Å²) in [6.45, 7) is 0. The van der Waals surface area contributed by atoms with E-state index in [1.807, 2.05) is 0 Å². The molecule has 0 spiro atoms. The summed E-state index contributed by atoms with van der Waals surface area (Å²) < 4.78 is 26.6. The number of fused-ring (bicyclic) bond motifs is 1. The summed E-state index contributed by atoms with van der Waals surface area (Å²) in [6.07, 6.45) is 3.50. The molecule has 1 aromatic heterocycles. The van der Waals surface area contributed by atoms with E-state index in [9.17, 15) is 8.78 Å². The highest BCUT2D eigenvalue weighted by Crippen LogP contribution is 2.22. The van der Waals surface area contributed by atoms with Crippen LogP contribution in [0.15, 0.2) is 36.4 Å². The van der Waals surface area contributed by atoms with Gasteiger partial charge in [-0.05, 0) is 29.8 Å². The second kappa shape index (κ2) is 6.58. The number of amidine groups is 1. The predicted molar refractivity (Wildman–Crippen MR) is 89.6 cm³/mol. The molecule has 0 unspecified atom stereocenters. The van der Waals surface area contributed by atoms with E-state index in [1.165, 1.54) is 24.3 Å². The molecular formula is C16H13ClF2N4. The normalized spacial score (nSPS) is 10.9. The minimum Gasteiger partial charge on any atom is -0.384 e. The Morgan fingerprint density at radius 3 is 2.48 bits per heavy atom. The first-order chi connectivity index (χ1) is 10.5. The Labute approximate surface area is 136 Å². The van der Waals surface area contributed by atoms with Crippen molar-refractivity contribution in [3.05, 3.63) is 64.9 Å². The fourth-order valence-electron chi connectivity index (χ4n) is 2.14. The van der Waals surface area contributed by atoms with Gasteiger partial charge in [-0.25, -0.2) is 8.78 Å². The molecule has 0 aliphatic rings. The van der Waals surface area contributed by atoms with Crippen LogP contribution in [0.2, 0.25) is 0 Å². The van der Waals surface area contributed by atoms with Crippen molar-refractivity contribution in [3.8, 4) is 0 Å². The molecule has 3 aromatic rings. The van der Waals surface area contributed by atoms with Gasteiger partial charge in [-0.2, -0.15) is 5.10 Å². The van der Waals surface area contributed by atoms with Crippen molar-refractivity contribution in [2.24, 2.45) is 5.73 Å². The summed E-state index contributed by atoms with van der Waals surface area (Å²) in [5, 5.41) is 14.9. The van der Waals surface area contributed by atoms with Crippen LogP contribution >= 0.6 is 12.4 Å². The zero-order chi connectivity index (χ0) is 15.7. The third-order valence-corrected chi connectivity index (χ3v) is 3.27. The number of nitrogen functional groups attached to an aromatic ring is 1. The maximum atomic E-state index is 13.7. The van der Waals surface area contributed by atoms with Gasteiger partial charge in [0.1, 0.15) is 17.5 Å². The second-order valence-corrected chi connectivity index (χ2v) is 4.79. The number of hydrogen-bond donors (Lipinski definition) is 3. The Bertz CT molecular complexity index is 885. The Morgan fingerprint density at radius 1 is 1.13 bits per heavy atom. The van der Waals surface area contributed by atoms with Gasteiger partial charge in [0.2, 0.25) is 0 Å². The highest BCUT2D eigenvalue weighted by molar-refractivity contribution is 6.00. The predicted octanol–water partition coefficient (Wildman–Crippen LogP) is 3.72. The largest absolute Gasteiger partial charge is 0.384 e. The fourth-order valence-corrected chi connectivity index (χ4v) is 2.14. The van der Waals surface area contributed by atoms with Gasteiger partial charge in [0.15, 0.2) is 0 Å². The molecule has 0 aliphatic carbocycles. The zero-order valence-electron chi connectivity index (χ0n) is 11.8. The first-order valence-corrected chi connectivity index (χ1v) is 6.50. The van der Waals surface area contributed by atoms with Crippen LogP contribution in [0.25, 0.3) is 23.1 Å². The average Bonchev–Trinajstić information content (AvgIpc) is 2.87. The summed E-state index contributed by atoms with van der Waals surface area (Å²) in [7, 11) is 0. The van der Waals surface area contributed by atoms with Crippen LogP contribution in [0.5, 0.6) is 0 Å². The quantitative estimate of drug-likeness (QED) is 0.504. The maximum absolute atomic E-state index is 13.7. The number of halogens is 3. The van der Waals surface area contributed by atoms with Gasteiger partial charge in [-0.15, -0.1) is 12.4 Å². The van der Waals surface area contributed by atoms with E-state index in [0.29, 0.717) is 16.6 Å². The van der Waals surface area contributed by atoms with Crippen molar-refractivity contribution in [2.75, 3.05) is 0 Å². The van der Waals surface area contributed by atoms with Gasteiger partial charge in [0.05, 0.1) is 16.8 Å². The number of H-pyrrole nitrogens is 1. The lowest BCUT2D eigenvalue weighted by atomic mass is 10.1. The molecule has 2 aromatic carbocycles. The van der Waals surface area contributed by atoms with Crippen molar-refractivity contribution in [1.29, 1.82) is 5.41 Å². The lowest BCUT2D eigenvalue weighted by molar-refractivity contribution is 0.626. The Kier molecular flexibility index (Phi) is 4.76. The summed E-state index contributed by atoms with van der Waals surface area (Å²) in [5.74, 6) is -1.21. The van der Waals surface area contributed by atoms with Crippen LogP contribution < -0.4 is 5.73 Å². The third-order valence-electron chi connectivity index (χ3n) is 3.27. The number of benzene rings is 2. The van der Waals surface area contributed by atoms with Gasteiger partial charge in [-0.3, -0.25) is 10.5 Å². The number of rotatable bonds is 3. The van der Waals surface area contributed by atoms with Gasteiger partial charge in [-0.1, -0.05) is 18.2 Å². The molecule has 118 valence electrons. The average molecular weight is 335 g/mol. The van der Waals surface area contributed by atoms with Gasteiger partial charge >= 0.3 is 0 Å². The van der Waals surface area contributed by atoms with Crippen LogP contribution in [0.3, 0.4) is 0 Å². The lowest BCUT2D eigenvalue weighted by Crippen LogP contribution is -2.13. The van der Waals surface area contributed by atoms with Crippen molar-refractivity contribution in [2.45, 2.75) is 0 Å². The van der Waals surface area contributed by atoms with Crippen LogP contribution in [0.1, 0.15) is 16.8 Å². The summed E-state index contributed by atoms with van der Waals surface area (Å²) in [5.41, 5.74) is 7.31. The van der Waals surface area contributed by atoms with Crippen molar-refractivity contribution >= 4 is 41.3 Å². The smallest absolute Gasteiger partial charge is 0.136 e. The zero-order valence-corrected chi connectivity index (χ0v) is 12.6. The molecule has 0 radical (unpaired) electrons. The van der Waals surface area contributed by atoms with E-state index >= 15 is 0 Å². The number of nitrogens with zero attached hydrogens (tertiary/aromatic N) is 1. The van der Waals surface area contributed by atoms with Crippen molar-refractivity contribution in [3.63, 3.8) is 0 Å². The molecule has 4 nitrogen and oxygen atoms in total. The fraction of sp³-hybridized carbons (Fsp3) is 0. The molecule has 0 atom stereocenters. The number of aromatic nitrogens is 2. The Hall–Kier alpha value is -2.73. The second-order valence-electron chi connectivity index (χ2n) is 4.79. The third kappa shape index (κ3) is 3.37. The molecule has 0 fully saturated rings. The Balaban J connectivity index is 0.00000192. The molecule has 0 aliphatic heterocycles. The number of hydrogen-bond acceptors (Lipinski definition) is 2. The van der Waals surface area contributed by atoms with Crippen LogP contribution in [0.4, 0.5) is 8.78 Å². The molecule has 0 saturated heterocycles. The van der Waals surface area contributed by atoms with Crippen LogP contribution in [-0.4, -0.2) is 16.0 Å². The van der Waals surface area contributed by atoms with E-state index in [-0.39, 0.29) is 29.6 Å². The van der Waals surface area contributed by atoms with E-state index < -0.39 is 5.82 Å². The van der Waals surface area contributed by atoms with Gasteiger partial charge < -0.3 is 5.73 Å². The van der Waals surface area contributed by atoms with Crippen molar-refractivity contribution < 1.29 is 8.78 Å². The molecule has 0 amide bonds. The van der Waals surface area contributed by atoms with Gasteiger partial charge in [0, 0.05) is 11.5 Å². The van der Waals surface area contributed by atoms with E-state index in [1.54, 1.807) is 24.3 Å². The molecule has 1 heterocycles. The standard InChI is InChI=1S/C16H12F2N4.ClH/c17-10-4-1-9(2-5-10)3-6-14-12-7-11(16(19)20)13(18)8-15(12)22-21-14;/h1-8H,(H3,19,20)(H,21,22);1H. The minimum atomic E-state index is -0.572. The Morgan fingerprint density at radius 2 is 1.83 bits per heavy atom. The highest BCUT2D eigenvalue weighted by atomic mass is 35.5. The molecule has 7 heteroatoms. The first-order valence-electron chi connectivity index (χ1n) is 6.50. The topological polar surface area (TPSA) is 78.6 Å². The van der Waals surface area contributed by atoms with Crippen LogP contribution in [0, 0.1) is 17.0 Å². The summed E-state index contributed by atoms with van der Waals surface area (Å²) >= 11 is 0. The highest BCUT2D eigenvalue weighted by Gasteiger charge is 2.11. The number of nitrogens with one attached hydrogen (secondary N) is 2. The van der Waals surface area contributed by atoms with Gasteiger partial charge in [0.25, 0.3) is 0 Å². The molecule has 4 N–H and O–H groups in total. The lowest BCUT2D eigenvalue weighted by Gasteiger charge is -2.01. The molecule has 23 heavy (non-hydrogen) atoms. The van der Waals surface area contributed by atoms with Crippen molar-refractivity contribution in [1.82, 2.24) is 10.2 Å². The summed E-state index contributed by atoms with van der Waals surface area (Å²) in [6, 6.07) is 8.76.